The number of halogens is 1. The van der Waals surface area contributed by atoms with Crippen molar-refractivity contribution in [1.82, 2.24) is 0 Å². The number of rotatable bonds is 6. The van der Waals surface area contributed by atoms with E-state index in [9.17, 15) is 4.79 Å². The first-order valence-corrected chi connectivity index (χ1v) is 10.6. The normalized spacial score (nSPS) is 11.1. The number of ether oxygens (including phenoxy) is 3. The van der Waals surface area contributed by atoms with Crippen LogP contribution < -0.4 is 19.6 Å². The predicted molar refractivity (Wildman–Crippen MR) is 131 cm³/mol. The average Bonchev–Trinajstić information content (AvgIpc) is 2.82. The van der Waals surface area contributed by atoms with Crippen molar-refractivity contribution in [2.45, 2.75) is 0 Å². The van der Waals surface area contributed by atoms with Gasteiger partial charge in [-0.2, -0.15) is 0 Å². The van der Waals surface area contributed by atoms with E-state index in [2.05, 4.69) is 15.9 Å². The van der Waals surface area contributed by atoms with Gasteiger partial charge in [0.1, 0.15) is 28.6 Å². The van der Waals surface area contributed by atoms with Gasteiger partial charge in [0.2, 0.25) is 0 Å². The van der Waals surface area contributed by atoms with E-state index in [0.29, 0.717) is 33.8 Å². The van der Waals surface area contributed by atoms with Crippen LogP contribution in [0.1, 0.15) is 11.1 Å². The van der Waals surface area contributed by atoms with Gasteiger partial charge in [-0.25, -0.2) is 0 Å². The fourth-order valence-corrected chi connectivity index (χ4v) is 3.80. The molecule has 1 aromatic heterocycles. The fourth-order valence-electron chi connectivity index (χ4n) is 3.44. The molecule has 5 nitrogen and oxygen atoms in total. The third-order valence-electron chi connectivity index (χ3n) is 5.07. The minimum atomic E-state index is -0.134. The molecule has 0 amide bonds. The summed E-state index contributed by atoms with van der Waals surface area (Å²) < 4.78 is 23.3. The van der Waals surface area contributed by atoms with E-state index in [1.807, 2.05) is 48.6 Å². The first-order chi connectivity index (χ1) is 15.5. The molecule has 0 fully saturated rings. The van der Waals surface area contributed by atoms with Gasteiger partial charge in [-0.15, -0.1) is 0 Å². The highest BCUT2D eigenvalue weighted by Crippen LogP contribution is 2.38. The third kappa shape index (κ3) is 4.41. The lowest BCUT2D eigenvalue weighted by molar-refractivity contribution is 0.394. The maximum atomic E-state index is 12.8. The summed E-state index contributed by atoms with van der Waals surface area (Å²) in [4.78, 5) is 12.8. The largest absolute Gasteiger partial charge is 0.497 e. The number of methoxy groups -OCH3 is 3. The second kappa shape index (κ2) is 9.32. The van der Waals surface area contributed by atoms with Crippen LogP contribution in [0.15, 0.2) is 74.3 Å². The van der Waals surface area contributed by atoms with Gasteiger partial charge in [-0.1, -0.05) is 40.2 Å². The highest BCUT2D eigenvalue weighted by Gasteiger charge is 2.17. The minimum Gasteiger partial charge on any atom is -0.497 e. The van der Waals surface area contributed by atoms with Crippen LogP contribution in [-0.4, -0.2) is 21.3 Å². The SMILES string of the molecule is COc1ccc(C=Cc2cc(OC)cc(OC)c2-c2cc(=O)c3cc(Br)ccc3o2)cc1. The fraction of sp³-hybridized carbons (Fsp3) is 0.115. The zero-order chi connectivity index (χ0) is 22.7. The van der Waals surface area contributed by atoms with Gasteiger partial charge in [0.05, 0.1) is 32.3 Å². The molecule has 0 radical (unpaired) electrons. The summed E-state index contributed by atoms with van der Waals surface area (Å²) in [6.07, 6.45) is 3.90. The molecule has 0 unspecified atom stereocenters. The molecule has 0 spiro atoms. The van der Waals surface area contributed by atoms with Crippen LogP contribution >= 0.6 is 15.9 Å². The van der Waals surface area contributed by atoms with Gasteiger partial charge in [-0.3, -0.25) is 4.79 Å². The molecule has 4 rings (SSSR count). The molecule has 1 heterocycles. The Balaban J connectivity index is 1.89. The van der Waals surface area contributed by atoms with Crippen molar-refractivity contribution in [2.24, 2.45) is 0 Å². The van der Waals surface area contributed by atoms with Crippen LogP contribution in [-0.2, 0) is 0 Å². The van der Waals surface area contributed by atoms with E-state index in [4.69, 9.17) is 18.6 Å². The standard InChI is InChI=1S/C26H21BrO5/c1-29-19-9-5-16(6-10-19)4-7-17-12-20(30-2)14-24(31-3)26(17)25-15-22(28)21-13-18(27)8-11-23(21)32-25/h4-15H,1-3H3. The van der Waals surface area contributed by atoms with Crippen LogP contribution in [0.2, 0.25) is 0 Å². The van der Waals surface area contributed by atoms with Crippen molar-refractivity contribution < 1.29 is 18.6 Å². The van der Waals surface area contributed by atoms with Crippen molar-refractivity contribution in [3.05, 3.63) is 86.5 Å². The average molecular weight is 493 g/mol. The molecule has 0 saturated heterocycles. The van der Waals surface area contributed by atoms with Crippen LogP contribution in [0.5, 0.6) is 17.2 Å². The van der Waals surface area contributed by atoms with Crippen LogP contribution in [0.4, 0.5) is 0 Å². The maximum absolute atomic E-state index is 12.8. The van der Waals surface area contributed by atoms with Crippen molar-refractivity contribution in [2.75, 3.05) is 21.3 Å². The maximum Gasteiger partial charge on any atom is 0.193 e. The van der Waals surface area contributed by atoms with Gasteiger partial charge in [0, 0.05) is 16.6 Å². The van der Waals surface area contributed by atoms with Gasteiger partial charge >= 0.3 is 0 Å². The molecule has 0 N–H and O–H groups in total. The summed E-state index contributed by atoms with van der Waals surface area (Å²) in [5, 5.41) is 0.505. The Hall–Kier alpha value is -3.51. The van der Waals surface area contributed by atoms with Crippen molar-refractivity contribution in [1.29, 1.82) is 0 Å². The van der Waals surface area contributed by atoms with E-state index >= 15 is 0 Å². The van der Waals surface area contributed by atoms with E-state index in [1.54, 1.807) is 39.5 Å². The molecule has 0 aliphatic rings. The molecule has 0 aliphatic heterocycles. The Morgan fingerprint density at radius 1 is 0.812 bits per heavy atom. The van der Waals surface area contributed by atoms with Gasteiger partial charge < -0.3 is 18.6 Å². The Bertz CT molecular complexity index is 1350. The molecule has 0 bridgehead atoms. The molecule has 0 atom stereocenters. The highest BCUT2D eigenvalue weighted by molar-refractivity contribution is 9.10. The molecule has 4 aromatic rings. The summed E-state index contributed by atoms with van der Waals surface area (Å²) in [7, 11) is 4.81. The monoisotopic (exact) mass is 492 g/mol. The summed E-state index contributed by atoms with van der Waals surface area (Å²) in [6, 6.07) is 18.2. The number of benzene rings is 3. The topological polar surface area (TPSA) is 57.9 Å². The van der Waals surface area contributed by atoms with Gasteiger partial charge in [0.25, 0.3) is 0 Å². The lowest BCUT2D eigenvalue weighted by Crippen LogP contribution is -2.02. The predicted octanol–water partition coefficient (Wildman–Crippen LogP) is 6.42. The Morgan fingerprint density at radius 3 is 2.25 bits per heavy atom. The van der Waals surface area contributed by atoms with Crippen molar-refractivity contribution >= 4 is 39.1 Å². The molecule has 3 aromatic carbocycles. The van der Waals surface area contributed by atoms with Crippen LogP contribution in [0, 0.1) is 0 Å². The molecular weight excluding hydrogens is 472 g/mol. The van der Waals surface area contributed by atoms with E-state index in [1.165, 1.54) is 6.07 Å². The van der Waals surface area contributed by atoms with Gasteiger partial charge in [-0.05, 0) is 47.5 Å². The van der Waals surface area contributed by atoms with Crippen LogP contribution in [0.3, 0.4) is 0 Å². The van der Waals surface area contributed by atoms with Crippen LogP contribution in [0.25, 0.3) is 34.4 Å². The smallest absolute Gasteiger partial charge is 0.193 e. The summed E-state index contributed by atoms with van der Waals surface area (Å²) in [5.41, 5.74) is 2.81. The Kier molecular flexibility index (Phi) is 6.32. The van der Waals surface area contributed by atoms with E-state index in [-0.39, 0.29) is 5.43 Å². The highest BCUT2D eigenvalue weighted by atomic mass is 79.9. The summed E-state index contributed by atoms with van der Waals surface area (Å²) in [6.45, 7) is 0. The van der Waals surface area contributed by atoms with E-state index < -0.39 is 0 Å². The summed E-state index contributed by atoms with van der Waals surface area (Å²) in [5.74, 6) is 2.37. The first kappa shape index (κ1) is 21.7. The molecule has 6 heteroatoms. The molecule has 32 heavy (non-hydrogen) atoms. The Labute approximate surface area is 194 Å². The molecule has 0 aliphatic carbocycles. The first-order valence-electron chi connectivity index (χ1n) is 9.84. The molecular formula is C26H21BrO5. The second-order valence-electron chi connectivity index (χ2n) is 7.02. The zero-order valence-electron chi connectivity index (χ0n) is 17.8. The Morgan fingerprint density at radius 2 is 1.56 bits per heavy atom. The third-order valence-corrected chi connectivity index (χ3v) is 5.56. The number of hydrogen-bond acceptors (Lipinski definition) is 5. The summed E-state index contributed by atoms with van der Waals surface area (Å²) >= 11 is 3.40. The van der Waals surface area contributed by atoms with E-state index in [0.717, 1.165) is 21.3 Å². The van der Waals surface area contributed by atoms with Crippen molar-refractivity contribution in [3.63, 3.8) is 0 Å². The zero-order valence-corrected chi connectivity index (χ0v) is 19.4. The lowest BCUT2D eigenvalue weighted by Gasteiger charge is -2.14. The lowest BCUT2D eigenvalue weighted by atomic mass is 10.0. The number of fused-ring (bicyclic) bond motifs is 1. The minimum absolute atomic E-state index is 0.134. The van der Waals surface area contributed by atoms with Crippen molar-refractivity contribution in [3.8, 4) is 28.6 Å². The quantitative estimate of drug-likeness (QED) is 0.290. The van der Waals surface area contributed by atoms with Gasteiger partial charge in [0.15, 0.2) is 5.43 Å². The molecule has 0 saturated carbocycles. The second-order valence-corrected chi connectivity index (χ2v) is 7.93. The molecule has 162 valence electrons. The number of hydrogen-bond donors (Lipinski definition) is 0.